The van der Waals surface area contributed by atoms with E-state index in [-0.39, 0.29) is 18.5 Å². The van der Waals surface area contributed by atoms with Gasteiger partial charge >= 0.3 is 5.97 Å². The van der Waals surface area contributed by atoms with E-state index in [2.05, 4.69) is 55.6 Å². The summed E-state index contributed by atoms with van der Waals surface area (Å²) in [5.41, 5.74) is 0. The Morgan fingerprint density at radius 3 is 1.41 bits per heavy atom. The van der Waals surface area contributed by atoms with Gasteiger partial charge in [0.2, 0.25) is 5.91 Å². The van der Waals surface area contributed by atoms with Crippen molar-refractivity contribution in [3.05, 3.63) is 36.5 Å². The van der Waals surface area contributed by atoms with Gasteiger partial charge in [-0.2, -0.15) is 0 Å². The van der Waals surface area contributed by atoms with Gasteiger partial charge in [0.05, 0.1) is 25.4 Å². The van der Waals surface area contributed by atoms with E-state index in [1.54, 1.807) is 0 Å². The first-order valence-corrected chi connectivity index (χ1v) is 24.2. The Morgan fingerprint density at radius 1 is 0.500 bits per heavy atom. The molecule has 0 spiro atoms. The van der Waals surface area contributed by atoms with Gasteiger partial charge in [0, 0.05) is 12.8 Å². The van der Waals surface area contributed by atoms with Gasteiger partial charge in [0.15, 0.2) is 0 Å². The summed E-state index contributed by atoms with van der Waals surface area (Å²) in [4.78, 5) is 24.4. The Morgan fingerprint density at radius 2 is 0.893 bits per heavy atom. The lowest BCUT2D eigenvalue weighted by Gasteiger charge is -2.22. The zero-order valence-electron chi connectivity index (χ0n) is 37.1. The van der Waals surface area contributed by atoms with E-state index in [1.165, 1.54) is 128 Å². The van der Waals surface area contributed by atoms with Crippen molar-refractivity contribution in [2.45, 2.75) is 257 Å². The average molecular weight is 788 g/mol. The zero-order valence-corrected chi connectivity index (χ0v) is 37.1. The highest BCUT2D eigenvalue weighted by atomic mass is 16.5. The number of esters is 1. The third-order valence-electron chi connectivity index (χ3n) is 10.9. The number of unbranched alkanes of at least 4 members (excludes halogenated alkanes) is 27. The van der Waals surface area contributed by atoms with Gasteiger partial charge in [-0.15, -0.1) is 0 Å². The lowest BCUT2D eigenvalue weighted by molar-refractivity contribution is -0.143. The molecule has 6 nitrogen and oxygen atoms in total. The van der Waals surface area contributed by atoms with Crippen LogP contribution in [0.2, 0.25) is 0 Å². The molecule has 0 heterocycles. The minimum Gasteiger partial charge on any atom is -0.466 e. The number of allylic oxidation sites excluding steroid dienone is 6. The number of hydrogen-bond donors (Lipinski definition) is 3. The normalized spacial score (nSPS) is 13.0. The number of aliphatic hydroxyl groups is 2. The second-order valence-electron chi connectivity index (χ2n) is 16.4. The molecule has 328 valence electrons. The number of carbonyl (C=O) groups excluding carboxylic acids is 2. The third kappa shape index (κ3) is 41.7. The predicted octanol–water partition coefficient (Wildman–Crippen LogP) is 14.1. The van der Waals surface area contributed by atoms with Crippen LogP contribution in [-0.4, -0.2) is 47.4 Å². The minimum atomic E-state index is -0.684. The molecule has 56 heavy (non-hydrogen) atoms. The van der Waals surface area contributed by atoms with E-state index in [1.807, 2.05) is 0 Å². The second-order valence-corrected chi connectivity index (χ2v) is 16.4. The number of nitrogens with one attached hydrogen (secondary N) is 1. The van der Waals surface area contributed by atoms with Crippen LogP contribution in [0.3, 0.4) is 0 Å². The molecule has 0 bridgehead atoms. The molecule has 0 aliphatic carbocycles. The molecular weight excluding hydrogens is 695 g/mol. The van der Waals surface area contributed by atoms with E-state index >= 15 is 0 Å². The average Bonchev–Trinajstić information content (AvgIpc) is 3.20. The van der Waals surface area contributed by atoms with Gasteiger partial charge in [-0.3, -0.25) is 9.59 Å². The number of ether oxygens (including phenoxy) is 1. The fraction of sp³-hybridized carbons (Fsp3) is 0.840. The summed E-state index contributed by atoms with van der Waals surface area (Å²) in [6.07, 6.45) is 54.0. The van der Waals surface area contributed by atoms with Crippen molar-refractivity contribution >= 4 is 11.9 Å². The molecule has 0 saturated carbocycles. The Balaban J connectivity index is 3.51. The van der Waals surface area contributed by atoms with Gasteiger partial charge < -0.3 is 20.3 Å². The Kier molecular flexibility index (Phi) is 44.2. The van der Waals surface area contributed by atoms with E-state index < -0.39 is 12.1 Å². The summed E-state index contributed by atoms with van der Waals surface area (Å²) >= 11 is 0. The number of carbonyl (C=O) groups is 2. The molecule has 0 aliphatic rings. The first-order chi connectivity index (χ1) is 27.5. The SMILES string of the molecule is CCCCC/C=C\C/C=C\CCCCCCCCCCCC(=O)OCCCC/C=C\CCCCCCC(=O)NC(CO)C(O)CCCCCCCCCCCC. The summed E-state index contributed by atoms with van der Waals surface area (Å²) in [6.45, 7) is 4.81. The molecule has 0 fully saturated rings. The molecule has 6 heteroatoms. The molecule has 2 unspecified atom stereocenters. The maximum atomic E-state index is 12.4. The Labute approximate surface area is 347 Å². The quantitative estimate of drug-likeness (QED) is 0.0325. The summed E-state index contributed by atoms with van der Waals surface area (Å²) in [7, 11) is 0. The molecule has 0 aliphatic heterocycles. The molecule has 0 aromatic carbocycles. The summed E-state index contributed by atoms with van der Waals surface area (Å²) in [6, 6.07) is -0.566. The second kappa shape index (κ2) is 45.8. The third-order valence-corrected chi connectivity index (χ3v) is 10.9. The van der Waals surface area contributed by atoms with Gasteiger partial charge in [0.25, 0.3) is 0 Å². The largest absolute Gasteiger partial charge is 0.466 e. The van der Waals surface area contributed by atoms with Gasteiger partial charge in [-0.05, 0) is 83.5 Å². The molecular formula is C50H93NO5. The van der Waals surface area contributed by atoms with Crippen LogP contribution in [0.5, 0.6) is 0 Å². The van der Waals surface area contributed by atoms with Gasteiger partial charge in [-0.25, -0.2) is 0 Å². The standard InChI is InChI=1S/C50H93NO5/c1-3-5-7-9-11-13-15-16-17-18-19-20-21-22-23-28-32-36-40-44-50(55)56-45-41-37-33-29-25-24-27-31-35-39-43-49(54)51-47(46-52)48(53)42-38-34-30-26-14-12-10-8-6-4-2/h11,13,16-17,25,29,47-48,52-53H,3-10,12,14-15,18-24,26-28,30-46H2,1-2H3,(H,51,54)/b13-11-,17-16-,29-25-. The fourth-order valence-electron chi connectivity index (χ4n) is 7.13. The van der Waals surface area contributed by atoms with Crippen molar-refractivity contribution in [3.8, 4) is 0 Å². The van der Waals surface area contributed by atoms with Crippen LogP contribution in [0, 0.1) is 0 Å². The summed E-state index contributed by atoms with van der Waals surface area (Å²) < 4.78 is 5.43. The summed E-state index contributed by atoms with van der Waals surface area (Å²) in [5.74, 6) is -0.115. The lowest BCUT2D eigenvalue weighted by atomic mass is 10.0. The van der Waals surface area contributed by atoms with Crippen LogP contribution in [-0.2, 0) is 14.3 Å². The minimum absolute atomic E-state index is 0.0412. The molecule has 3 N–H and O–H groups in total. The Bertz CT molecular complexity index is 915. The van der Waals surface area contributed by atoms with Crippen molar-refractivity contribution in [1.82, 2.24) is 5.32 Å². The highest BCUT2D eigenvalue weighted by Crippen LogP contribution is 2.15. The van der Waals surface area contributed by atoms with Crippen molar-refractivity contribution in [2.75, 3.05) is 13.2 Å². The smallest absolute Gasteiger partial charge is 0.305 e. The molecule has 0 aromatic heterocycles. The number of hydrogen-bond acceptors (Lipinski definition) is 5. The van der Waals surface area contributed by atoms with Crippen LogP contribution in [0.1, 0.15) is 245 Å². The highest BCUT2D eigenvalue weighted by Gasteiger charge is 2.20. The van der Waals surface area contributed by atoms with Crippen LogP contribution >= 0.6 is 0 Å². The monoisotopic (exact) mass is 788 g/mol. The highest BCUT2D eigenvalue weighted by molar-refractivity contribution is 5.76. The maximum Gasteiger partial charge on any atom is 0.305 e. The molecule has 2 atom stereocenters. The molecule has 0 rings (SSSR count). The van der Waals surface area contributed by atoms with Crippen molar-refractivity contribution < 1.29 is 24.5 Å². The number of amides is 1. The predicted molar refractivity (Wildman–Crippen MR) is 241 cm³/mol. The molecule has 0 aromatic rings. The van der Waals surface area contributed by atoms with Gasteiger partial charge in [0.1, 0.15) is 0 Å². The van der Waals surface area contributed by atoms with Crippen molar-refractivity contribution in [1.29, 1.82) is 0 Å². The van der Waals surface area contributed by atoms with Crippen LogP contribution < -0.4 is 5.32 Å². The van der Waals surface area contributed by atoms with E-state index in [9.17, 15) is 19.8 Å². The fourth-order valence-corrected chi connectivity index (χ4v) is 7.13. The van der Waals surface area contributed by atoms with Crippen LogP contribution in [0.4, 0.5) is 0 Å². The van der Waals surface area contributed by atoms with Gasteiger partial charge in [-0.1, -0.05) is 185 Å². The zero-order chi connectivity index (χ0) is 40.8. The number of rotatable bonds is 44. The first kappa shape index (κ1) is 54.1. The van der Waals surface area contributed by atoms with E-state index in [4.69, 9.17) is 4.74 Å². The van der Waals surface area contributed by atoms with Crippen molar-refractivity contribution in [2.24, 2.45) is 0 Å². The topological polar surface area (TPSA) is 95.9 Å². The first-order valence-electron chi connectivity index (χ1n) is 24.2. The molecule has 1 amide bonds. The van der Waals surface area contributed by atoms with E-state index in [0.29, 0.717) is 25.9 Å². The van der Waals surface area contributed by atoms with Crippen LogP contribution in [0.15, 0.2) is 36.5 Å². The van der Waals surface area contributed by atoms with Crippen LogP contribution in [0.25, 0.3) is 0 Å². The Hall–Kier alpha value is -1.92. The molecule has 0 radical (unpaired) electrons. The van der Waals surface area contributed by atoms with Crippen molar-refractivity contribution in [3.63, 3.8) is 0 Å². The lowest BCUT2D eigenvalue weighted by Crippen LogP contribution is -2.45. The number of aliphatic hydroxyl groups excluding tert-OH is 2. The maximum absolute atomic E-state index is 12.4. The molecule has 0 saturated heterocycles. The summed E-state index contributed by atoms with van der Waals surface area (Å²) in [5, 5.41) is 23.0. The van der Waals surface area contributed by atoms with E-state index in [0.717, 1.165) is 83.5 Å².